The molecule has 4 heterocycles. The summed E-state index contributed by atoms with van der Waals surface area (Å²) in [6.07, 6.45) is 1.38. The van der Waals surface area contributed by atoms with Gasteiger partial charge in [-0.3, -0.25) is 4.90 Å². The molecule has 1 aromatic carbocycles. The fraction of sp³-hybridized carbons (Fsp3) is 0.500. The predicted octanol–water partition coefficient (Wildman–Crippen LogP) is 2.60. The van der Waals surface area contributed by atoms with Gasteiger partial charge in [0.2, 0.25) is 0 Å². The number of aromatic amines is 1. The highest BCUT2D eigenvalue weighted by atomic mass is 16.5. The van der Waals surface area contributed by atoms with Crippen molar-refractivity contribution >= 4 is 16.9 Å². The van der Waals surface area contributed by atoms with E-state index in [1.807, 2.05) is 19.1 Å². The Hall–Kier alpha value is -2.71. The zero-order valence-electron chi connectivity index (χ0n) is 17.2. The molecular weight excluding hydrogens is 388 g/mol. The number of ether oxygens (including phenoxy) is 3. The Morgan fingerprint density at radius 1 is 1.23 bits per heavy atom. The molecule has 0 aliphatic carbocycles. The normalized spacial score (nSPS) is 30.5. The molecule has 8 heteroatoms. The number of aliphatic hydroxyl groups excluding tert-OH is 1. The van der Waals surface area contributed by atoms with Crippen molar-refractivity contribution in [2.75, 3.05) is 27.3 Å². The van der Waals surface area contributed by atoms with Crippen LogP contribution >= 0.6 is 0 Å². The number of methoxy groups -OCH3 is 2. The highest BCUT2D eigenvalue weighted by Gasteiger charge is 2.48. The second-order valence-electron chi connectivity index (χ2n) is 8.42. The summed E-state index contributed by atoms with van der Waals surface area (Å²) in [6, 6.07) is 3.78. The van der Waals surface area contributed by atoms with Crippen LogP contribution in [0.5, 0.6) is 11.5 Å². The van der Waals surface area contributed by atoms with E-state index in [-0.39, 0.29) is 24.0 Å². The molecule has 5 atom stereocenters. The molecule has 8 nitrogen and oxygen atoms in total. The number of H-pyrrole nitrogens is 1. The first-order valence-corrected chi connectivity index (χ1v) is 10.2. The van der Waals surface area contributed by atoms with Crippen molar-refractivity contribution in [3.63, 3.8) is 0 Å². The van der Waals surface area contributed by atoms with Crippen molar-refractivity contribution in [1.29, 1.82) is 0 Å². The van der Waals surface area contributed by atoms with Crippen LogP contribution in [0, 0.1) is 11.8 Å². The summed E-state index contributed by atoms with van der Waals surface area (Å²) in [5, 5.41) is 21.6. The van der Waals surface area contributed by atoms with Crippen LogP contribution in [0.25, 0.3) is 10.9 Å². The molecule has 1 saturated heterocycles. The molecular formula is C22H26N2O6. The zero-order chi connectivity index (χ0) is 21.2. The molecule has 0 amide bonds. The smallest absolute Gasteiger partial charge is 0.334 e. The maximum Gasteiger partial charge on any atom is 0.334 e. The summed E-state index contributed by atoms with van der Waals surface area (Å²) in [5.41, 5.74) is 3.02. The van der Waals surface area contributed by atoms with E-state index in [2.05, 4.69) is 9.88 Å². The lowest BCUT2D eigenvalue weighted by molar-refractivity contribution is -0.136. The third kappa shape index (κ3) is 2.70. The van der Waals surface area contributed by atoms with Gasteiger partial charge in [-0.25, -0.2) is 4.79 Å². The van der Waals surface area contributed by atoms with Crippen molar-refractivity contribution in [2.24, 2.45) is 11.8 Å². The van der Waals surface area contributed by atoms with Crippen molar-refractivity contribution in [3.05, 3.63) is 35.2 Å². The Morgan fingerprint density at radius 2 is 1.97 bits per heavy atom. The molecule has 0 bridgehead atoms. The van der Waals surface area contributed by atoms with Gasteiger partial charge >= 0.3 is 5.97 Å². The number of benzene rings is 1. The third-order valence-electron chi connectivity index (χ3n) is 6.99. The lowest BCUT2D eigenvalue weighted by Gasteiger charge is -2.49. The Morgan fingerprint density at radius 3 is 2.67 bits per heavy atom. The SMILES string of the molecule is COc1cc2[nH]c3c(c2cc1OC)C(O)CN1CC2C(C[C@H]31)C(C(=O)O)=CO[C@H]2C. The molecule has 30 heavy (non-hydrogen) atoms. The molecule has 0 radical (unpaired) electrons. The molecule has 2 aromatic rings. The second kappa shape index (κ2) is 6.92. The molecule has 5 rings (SSSR count). The number of aliphatic hydroxyl groups is 1. The molecule has 1 aromatic heterocycles. The summed E-state index contributed by atoms with van der Waals surface area (Å²) in [7, 11) is 3.19. The number of nitrogens with zero attached hydrogens (tertiary/aromatic N) is 1. The molecule has 3 N–H and O–H groups in total. The van der Waals surface area contributed by atoms with Crippen molar-refractivity contribution < 1.29 is 29.2 Å². The summed E-state index contributed by atoms with van der Waals surface area (Å²) in [5.74, 6) is 0.293. The minimum atomic E-state index is -0.924. The van der Waals surface area contributed by atoms with Crippen LogP contribution in [0.15, 0.2) is 24.0 Å². The largest absolute Gasteiger partial charge is 0.497 e. The van der Waals surface area contributed by atoms with Crippen LogP contribution in [-0.4, -0.2) is 59.5 Å². The van der Waals surface area contributed by atoms with Gasteiger partial charge in [0.1, 0.15) is 0 Å². The zero-order valence-corrected chi connectivity index (χ0v) is 17.2. The molecule has 3 aliphatic rings. The number of carboxylic acid groups (broad SMARTS) is 1. The van der Waals surface area contributed by atoms with Gasteiger partial charge in [-0.1, -0.05) is 0 Å². The van der Waals surface area contributed by atoms with E-state index in [9.17, 15) is 15.0 Å². The Balaban J connectivity index is 1.61. The number of carboxylic acids is 1. The van der Waals surface area contributed by atoms with Gasteiger partial charge < -0.3 is 29.4 Å². The molecule has 3 unspecified atom stereocenters. The fourth-order valence-corrected chi connectivity index (χ4v) is 5.50. The number of piperidine rings is 1. The van der Waals surface area contributed by atoms with E-state index in [1.165, 1.54) is 6.26 Å². The number of carbonyl (C=O) groups is 1. The summed E-state index contributed by atoms with van der Waals surface area (Å²) >= 11 is 0. The second-order valence-corrected chi connectivity index (χ2v) is 8.42. The van der Waals surface area contributed by atoms with Gasteiger partial charge in [0.05, 0.1) is 44.3 Å². The fourth-order valence-electron chi connectivity index (χ4n) is 5.50. The van der Waals surface area contributed by atoms with E-state index in [0.717, 1.165) is 22.2 Å². The predicted molar refractivity (Wildman–Crippen MR) is 109 cm³/mol. The van der Waals surface area contributed by atoms with Crippen molar-refractivity contribution in [1.82, 2.24) is 9.88 Å². The van der Waals surface area contributed by atoms with E-state index in [0.29, 0.717) is 36.6 Å². The van der Waals surface area contributed by atoms with Crippen LogP contribution in [0.3, 0.4) is 0 Å². The summed E-state index contributed by atoms with van der Waals surface area (Å²) in [6.45, 7) is 3.17. The highest BCUT2D eigenvalue weighted by molar-refractivity contribution is 5.89. The molecule has 0 saturated carbocycles. The van der Waals surface area contributed by atoms with Crippen molar-refractivity contribution in [3.8, 4) is 11.5 Å². The van der Waals surface area contributed by atoms with Gasteiger partial charge in [-0.05, 0) is 19.4 Å². The maximum absolute atomic E-state index is 11.8. The summed E-state index contributed by atoms with van der Waals surface area (Å²) < 4.78 is 16.5. The Bertz CT molecular complexity index is 1040. The van der Waals surface area contributed by atoms with Gasteiger partial charge in [-0.15, -0.1) is 0 Å². The van der Waals surface area contributed by atoms with Gasteiger partial charge in [0, 0.05) is 53.2 Å². The lowest BCUT2D eigenvalue weighted by atomic mass is 9.72. The minimum Gasteiger partial charge on any atom is -0.497 e. The number of nitrogens with one attached hydrogen (secondary N) is 1. The number of rotatable bonds is 3. The van der Waals surface area contributed by atoms with E-state index >= 15 is 0 Å². The number of hydrogen-bond donors (Lipinski definition) is 3. The van der Waals surface area contributed by atoms with Gasteiger partial charge in [0.15, 0.2) is 11.5 Å². The number of aliphatic carboxylic acids is 1. The standard InChI is InChI=1S/C22H26N2O6/c1-10-13-7-24-8-17(25)20-12-5-18(28-2)19(29-3)6-15(12)23-21(20)16(24)4-11(13)14(9-30-10)22(26)27/h5-6,9-11,13,16-17,23,25H,4,7-8H2,1-3H3,(H,26,27)/t10-,11?,13?,16+,17?/m0/s1. The number of hydrogen-bond acceptors (Lipinski definition) is 6. The minimum absolute atomic E-state index is 0.00193. The topological polar surface area (TPSA) is 104 Å². The average molecular weight is 414 g/mol. The van der Waals surface area contributed by atoms with Crippen LogP contribution in [-0.2, 0) is 9.53 Å². The van der Waals surface area contributed by atoms with Crippen molar-refractivity contribution in [2.45, 2.75) is 31.6 Å². The van der Waals surface area contributed by atoms with Gasteiger partial charge in [0.25, 0.3) is 0 Å². The quantitative estimate of drug-likeness (QED) is 0.709. The van der Waals surface area contributed by atoms with E-state index in [1.54, 1.807) is 14.2 Å². The molecule has 0 spiro atoms. The monoisotopic (exact) mass is 414 g/mol. The first-order chi connectivity index (χ1) is 14.4. The van der Waals surface area contributed by atoms with E-state index < -0.39 is 12.1 Å². The molecule has 1 fully saturated rings. The van der Waals surface area contributed by atoms with Crippen LogP contribution < -0.4 is 9.47 Å². The third-order valence-corrected chi connectivity index (χ3v) is 6.99. The van der Waals surface area contributed by atoms with Crippen LogP contribution in [0.4, 0.5) is 0 Å². The Labute approximate surface area is 174 Å². The van der Waals surface area contributed by atoms with Crippen LogP contribution in [0.1, 0.15) is 36.7 Å². The number of fused-ring (bicyclic) bond motifs is 6. The highest BCUT2D eigenvalue weighted by Crippen LogP contribution is 2.50. The summed E-state index contributed by atoms with van der Waals surface area (Å²) in [4.78, 5) is 17.6. The van der Waals surface area contributed by atoms with E-state index in [4.69, 9.17) is 14.2 Å². The first-order valence-electron chi connectivity index (χ1n) is 10.2. The van der Waals surface area contributed by atoms with Crippen LogP contribution in [0.2, 0.25) is 0 Å². The lowest BCUT2D eigenvalue weighted by Crippen LogP contribution is -2.52. The average Bonchev–Trinajstić information content (AvgIpc) is 3.11. The molecule has 160 valence electrons. The first kappa shape index (κ1) is 19.3. The molecule has 3 aliphatic heterocycles. The maximum atomic E-state index is 11.8. The Kier molecular flexibility index (Phi) is 4.44. The van der Waals surface area contributed by atoms with Gasteiger partial charge in [-0.2, -0.15) is 0 Å². The number of aromatic nitrogens is 1.